The molecule has 2 rings (SSSR count). The highest BCUT2D eigenvalue weighted by molar-refractivity contribution is 6.01. The zero-order chi connectivity index (χ0) is 13.6. The molecule has 0 unspecified atom stereocenters. The summed E-state index contributed by atoms with van der Waals surface area (Å²) < 4.78 is 0. The van der Waals surface area contributed by atoms with E-state index in [1.54, 1.807) is 13.0 Å². The summed E-state index contributed by atoms with van der Waals surface area (Å²) in [5.74, 6) is 6.18. The van der Waals surface area contributed by atoms with Gasteiger partial charge in [0, 0.05) is 18.3 Å². The number of ketones is 1. The molecule has 0 spiro atoms. The summed E-state index contributed by atoms with van der Waals surface area (Å²) in [4.78, 5) is 12.0. The first-order valence-corrected chi connectivity index (χ1v) is 6.80. The lowest BCUT2D eigenvalue weighted by atomic mass is 9.86. The van der Waals surface area contributed by atoms with Crippen LogP contribution in [0.25, 0.3) is 0 Å². The van der Waals surface area contributed by atoms with Crippen LogP contribution in [0, 0.1) is 29.1 Å². The van der Waals surface area contributed by atoms with Crippen LogP contribution in [0.1, 0.15) is 47.0 Å². The second-order valence-electron chi connectivity index (χ2n) is 6.20. The number of allylic oxidation sites excluding steroid dienone is 1. The van der Waals surface area contributed by atoms with Crippen molar-refractivity contribution in [2.75, 3.05) is 0 Å². The van der Waals surface area contributed by atoms with Crippen LogP contribution in [0.15, 0.2) is 11.6 Å². The lowest BCUT2D eigenvalue weighted by Crippen LogP contribution is -2.33. The fourth-order valence-corrected chi connectivity index (χ4v) is 3.27. The molecule has 1 N–H and O–H groups in total. The van der Waals surface area contributed by atoms with Crippen molar-refractivity contribution in [3.05, 3.63) is 11.6 Å². The van der Waals surface area contributed by atoms with Gasteiger partial charge in [0.1, 0.15) is 5.60 Å². The van der Waals surface area contributed by atoms with Gasteiger partial charge in [-0.05, 0) is 30.4 Å². The number of rotatable bonds is 2. The zero-order valence-corrected chi connectivity index (χ0v) is 11.7. The molecule has 2 aliphatic carbocycles. The molecular weight excluding hydrogens is 224 g/mol. The summed E-state index contributed by atoms with van der Waals surface area (Å²) in [7, 11) is 0. The first-order valence-electron chi connectivity index (χ1n) is 6.80. The highest BCUT2D eigenvalue weighted by Crippen LogP contribution is 2.66. The Balaban J connectivity index is 2.26. The van der Waals surface area contributed by atoms with Gasteiger partial charge in [-0.3, -0.25) is 4.79 Å². The number of carbonyl (C=O) groups excluding carboxylic acids is 1. The van der Waals surface area contributed by atoms with Crippen molar-refractivity contribution in [2.45, 2.75) is 52.6 Å². The van der Waals surface area contributed by atoms with Crippen LogP contribution < -0.4 is 0 Å². The smallest absolute Gasteiger partial charge is 0.162 e. The van der Waals surface area contributed by atoms with Crippen LogP contribution in [0.5, 0.6) is 0 Å². The number of unbranched alkanes of at least 4 members (excludes halogenated alkanes) is 2. The fourth-order valence-electron chi connectivity index (χ4n) is 3.27. The predicted octanol–water partition coefficient (Wildman–Crippen LogP) is 2.71. The van der Waals surface area contributed by atoms with E-state index in [-0.39, 0.29) is 23.0 Å². The van der Waals surface area contributed by atoms with Gasteiger partial charge in [0.25, 0.3) is 0 Å². The van der Waals surface area contributed by atoms with Crippen molar-refractivity contribution in [1.29, 1.82) is 0 Å². The van der Waals surface area contributed by atoms with Crippen LogP contribution in [0.4, 0.5) is 0 Å². The van der Waals surface area contributed by atoms with E-state index < -0.39 is 5.60 Å². The van der Waals surface area contributed by atoms with Crippen molar-refractivity contribution in [3.8, 4) is 11.8 Å². The molecular formula is C16H22O2. The van der Waals surface area contributed by atoms with Crippen molar-refractivity contribution in [2.24, 2.45) is 17.3 Å². The third-order valence-corrected chi connectivity index (χ3v) is 4.35. The van der Waals surface area contributed by atoms with Gasteiger partial charge < -0.3 is 5.11 Å². The van der Waals surface area contributed by atoms with Gasteiger partial charge >= 0.3 is 0 Å². The van der Waals surface area contributed by atoms with Gasteiger partial charge in [0.15, 0.2) is 5.78 Å². The summed E-state index contributed by atoms with van der Waals surface area (Å²) in [5.41, 5.74) is -0.562. The van der Waals surface area contributed by atoms with Gasteiger partial charge in [-0.15, -0.1) is 0 Å². The van der Waals surface area contributed by atoms with E-state index in [4.69, 9.17) is 0 Å². The number of aliphatic hydroxyl groups is 1. The number of carbonyl (C=O) groups is 1. The van der Waals surface area contributed by atoms with Gasteiger partial charge in [-0.2, -0.15) is 0 Å². The van der Waals surface area contributed by atoms with E-state index in [9.17, 15) is 9.90 Å². The largest absolute Gasteiger partial charge is 0.374 e. The van der Waals surface area contributed by atoms with E-state index in [0.29, 0.717) is 5.57 Å². The molecule has 0 bridgehead atoms. The number of fused-ring (bicyclic) bond motifs is 1. The Kier molecular flexibility index (Phi) is 3.15. The summed E-state index contributed by atoms with van der Waals surface area (Å²) in [5, 5.41) is 10.7. The van der Waals surface area contributed by atoms with E-state index >= 15 is 0 Å². The van der Waals surface area contributed by atoms with Crippen LogP contribution in [0.3, 0.4) is 0 Å². The standard InChI is InChI=1S/C16H22O2/c1-5-6-7-8-9-16(18)10-11(2)13(17)12-14(16)15(12,3)4/h10,12,14,18H,5-7H2,1-4H3/t12-,14+,16+/m0/s1. The van der Waals surface area contributed by atoms with Gasteiger partial charge in [0.05, 0.1) is 0 Å². The number of hydrogen-bond acceptors (Lipinski definition) is 2. The minimum Gasteiger partial charge on any atom is -0.374 e. The SMILES string of the molecule is CCCCC#C[C@@]1(O)C=C(C)C(=O)[C@H]2[C@@H]1C2(C)C. The van der Waals surface area contributed by atoms with Crippen LogP contribution in [-0.2, 0) is 4.79 Å². The average molecular weight is 246 g/mol. The van der Waals surface area contributed by atoms with Crippen LogP contribution >= 0.6 is 0 Å². The van der Waals surface area contributed by atoms with Gasteiger partial charge in [-0.25, -0.2) is 0 Å². The molecule has 1 saturated carbocycles. The topological polar surface area (TPSA) is 37.3 Å². The van der Waals surface area contributed by atoms with E-state index in [0.717, 1.165) is 19.3 Å². The average Bonchev–Trinajstić information content (AvgIpc) is 2.87. The molecule has 2 heteroatoms. The maximum atomic E-state index is 12.0. The first-order chi connectivity index (χ1) is 8.34. The summed E-state index contributed by atoms with van der Waals surface area (Å²) in [6.45, 7) is 8.00. The second kappa shape index (κ2) is 4.24. The highest BCUT2D eigenvalue weighted by atomic mass is 16.3. The molecule has 0 radical (unpaired) electrons. The summed E-state index contributed by atoms with van der Waals surface area (Å²) in [6, 6.07) is 0. The van der Waals surface area contributed by atoms with E-state index in [1.807, 2.05) is 13.8 Å². The molecule has 2 nitrogen and oxygen atoms in total. The van der Waals surface area contributed by atoms with Crippen LogP contribution in [0.2, 0.25) is 0 Å². The Hall–Kier alpha value is -1.07. The quantitative estimate of drug-likeness (QED) is 0.601. The van der Waals surface area contributed by atoms with Crippen molar-refractivity contribution in [1.82, 2.24) is 0 Å². The van der Waals surface area contributed by atoms with Crippen molar-refractivity contribution >= 4 is 5.78 Å². The van der Waals surface area contributed by atoms with Gasteiger partial charge in [-0.1, -0.05) is 39.0 Å². The molecule has 0 aromatic heterocycles. The second-order valence-corrected chi connectivity index (χ2v) is 6.20. The summed E-state index contributed by atoms with van der Waals surface area (Å²) >= 11 is 0. The Morgan fingerprint density at radius 2 is 2.11 bits per heavy atom. The molecule has 98 valence electrons. The van der Waals surface area contributed by atoms with Crippen molar-refractivity contribution < 1.29 is 9.90 Å². The maximum absolute atomic E-state index is 12.0. The third kappa shape index (κ3) is 1.91. The van der Waals surface area contributed by atoms with Gasteiger partial charge in [0.2, 0.25) is 0 Å². The Morgan fingerprint density at radius 3 is 2.72 bits per heavy atom. The molecule has 18 heavy (non-hydrogen) atoms. The fraction of sp³-hybridized carbons (Fsp3) is 0.688. The Labute approximate surface area is 109 Å². The lowest BCUT2D eigenvalue weighted by molar-refractivity contribution is -0.118. The number of Topliss-reactive ketones (excluding diaryl/α,β-unsaturated/α-hetero) is 1. The highest BCUT2D eigenvalue weighted by Gasteiger charge is 2.70. The van der Waals surface area contributed by atoms with Crippen LogP contribution in [-0.4, -0.2) is 16.5 Å². The molecule has 0 saturated heterocycles. The Bertz CT molecular complexity index is 461. The molecule has 0 aromatic rings. The molecule has 0 aromatic carbocycles. The first kappa shape index (κ1) is 13.4. The molecule has 0 heterocycles. The minimum absolute atomic E-state index is 0.0321. The minimum atomic E-state index is -1.10. The molecule has 0 amide bonds. The molecule has 2 aliphatic rings. The summed E-state index contributed by atoms with van der Waals surface area (Å²) in [6.07, 6.45) is 4.65. The zero-order valence-electron chi connectivity index (χ0n) is 11.7. The van der Waals surface area contributed by atoms with Crippen molar-refractivity contribution in [3.63, 3.8) is 0 Å². The number of hydrogen-bond donors (Lipinski definition) is 1. The monoisotopic (exact) mass is 246 g/mol. The van der Waals surface area contributed by atoms with E-state index in [2.05, 4.69) is 18.8 Å². The lowest BCUT2D eigenvalue weighted by Gasteiger charge is -2.23. The molecule has 3 atom stereocenters. The normalized spacial score (nSPS) is 36.3. The van der Waals surface area contributed by atoms with E-state index in [1.165, 1.54) is 0 Å². The third-order valence-electron chi connectivity index (χ3n) is 4.35. The maximum Gasteiger partial charge on any atom is 0.162 e. The molecule has 0 aliphatic heterocycles. The predicted molar refractivity (Wildman–Crippen MR) is 71.8 cm³/mol. The molecule has 1 fully saturated rings. The Morgan fingerprint density at radius 1 is 1.44 bits per heavy atom.